The molecule has 2 aliphatic heterocycles. The predicted octanol–water partition coefficient (Wildman–Crippen LogP) is -0.0931. The summed E-state index contributed by atoms with van der Waals surface area (Å²) in [6, 6.07) is 0. The van der Waals surface area contributed by atoms with Crippen molar-refractivity contribution in [2.45, 2.75) is 13.8 Å². The van der Waals surface area contributed by atoms with E-state index in [9.17, 15) is 0 Å². The quantitative estimate of drug-likeness (QED) is 0.568. The number of piperazine rings is 1. The molecule has 6 nitrogen and oxygen atoms in total. The average molecular weight is 297 g/mol. The Kier molecular flexibility index (Phi) is 6.73. The number of aliphatic imine (C=N–C) groups is 1. The second-order valence-corrected chi connectivity index (χ2v) is 6.14. The van der Waals surface area contributed by atoms with Crippen LogP contribution in [0.4, 0.5) is 0 Å². The van der Waals surface area contributed by atoms with E-state index in [2.05, 4.69) is 33.5 Å². The smallest absolute Gasteiger partial charge is 0.191 e. The van der Waals surface area contributed by atoms with Gasteiger partial charge in [0.1, 0.15) is 0 Å². The Morgan fingerprint density at radius 3 is 2.33 bits per heavy atom. The fourth-order valence-electron chi connectivity index (χ4n) is 2.93. The minimum Gasteiger partial charge on any atom is -0.378 e. The zero-order valence-corrected chi connectivity index (χ0v) is 13.6. The zero-order chi connectivity index (χ0) is 15.1. The summed E-state index contributed by atoms with van der Waals surface area (Å²) >= 11 is 0. The lowest BCUT2D eigenvalue weighted by molar-refractivity contribution is 0.0673. The van der Waals surface area contributed by atoms with Gasteiger partial charge in [-0.25, -0.2) is 0 Å². The Bertz CT molecular complexity index is 322. The van der Waals surface area contributed by atoms with Crippen LogP contribution < -0.4 is 5.73 Å². The van der Waals surface area contributed by atoms with Crippen LogP contribution in [-0.4, -0.2) is 92.8 Å². The molecule has 2 N–H and O–H groups in total. The molecule has 0 spiro atoms. The molecule has 1 unspecified atom stereocenters. The fourth-order valence-corrected chi connectivity index (χ4v) is 2.93. The first-order valence-electron chi connectivity index (χ1n) is 8.26. The van der Waals surface area contributed by atoms with Gasteiger partial charge in [0, 0.05) is 52.4 Å². The van der Waals surface area contributed by atoms with Crippen molar-refractivity contribution in [2.24, 2.45) is 16.6 Å². The van der Waals surface area contributed by atoms with Gasteiger partial charge in [0.05, 0.1) is 13.2 Å². The molecule has 21 heavy (non-hydrogen) atoms. The summed E-state index contributed by atoms with van der Waals surface area (Å²) in [5, 5.41) is 0. The lowest BCUT2D eigenvalue weighted by Crippen LogP contribution is -2.47. The third-order valence-corrected chi connectivity index (χ3v) is 4.38. The Hall–Kier alpha value is -0.850. The Morgan fingerprint density at radius 1 is 1.10 bits per heavy atom. The molecule has 0 aliphatic carbocycles. The second-order valence-electron chi connectivity index (χ2n) is 6.14. The first-order chi connectivity index (χ1) is 10.2. The van der Waals surface area contributed by atoms with Gasteiger partial charge in [0.25, 0.3) is 0 Å². The van der Waals surface area contributed by atoms with Crippen molar-refractivity contribution in [2.75, 3.05) is 72.1 Å². The number of guanidine groups is 1. The molecule has 2 rings (SSSR count). The van der Waals surface area contributed by atoms with Crippen molar-refractivity contribution in [3.63, 3.8) is 0 Å². The molecule has 2 saturated heterocycles. The number of likely N-dealkylation sites (N-methyl/N-ethyl adjacent to an activating group) is 1. The maximum atomic E-state index is 6.07. The van der Waals surface area contributed by atoms with Crippen LogP contribution in [0.5, 0.6) is 0 Å². The molecule has 1 atom stereocenters. The van der Waals surface area contributed by atoms with Crippen molar-refractivity contribution >= 4 is 5.96 Å². The lowest BCUT2D eigenvalue weighted by Gasteiger charge is -2.35. The van der Waals surface area contributed by atoms with Gasteiger partial charge >= 0.3 is 0 Å². The molecular weight excluding hydrogens is 266 g/mol. The summed E-state index contributed by atoms with van der Waals surface area (Å²) in [6.45, 7) is 15.6. The van der Waals surface area contributed by atoms with E-state index in [1.165, 1.54) is 32.7 Å². The van der Waals surface area contributed by atoms with Crippen LogP contribution in [0.3, 0.4) is 0 Å². The van der Waals surface area contributed by atoms with E-state index in [0.29, 0.717) is 11.9 Å². The fraction of sp³-hybridized carbons (Fsp3) is 0.933. The van der Waals surface area contributed by atoms with Crippen LogP contribution in [0.2, 0.25) is 0 Å². The highest BCUT2D eigenvalue weighted by molar-refractivity contribution is 5.78. The van der Waals surface area contributed by atoms with Gasteiger partial charge < -0.3 is 25.2 Å². The normalized spacial score (nSPS) is 24.3. The topological polar surface area (TPSA) is 57.3 Å². The highest BCUT2D eigenvalue weighted by Gasteiger charge is 2.17. The van der Waals surface area contributed by atoms with E-state index in [0.717, 1.165) is 39.4 Å². The van der Waals surface area contributed by atoms with Gasteiger partial charge in [-0.15, -0.1) is 0 Å². The van der Waals surface area contributed by atoms with Gasteiger partial charge in [0.2, 0.25) is 0 Å². The average Bonchev–Trinajstić information content (AvgIpc) is 2.54. The first-order valence-corrected chi connectivity index (χ1v) is 8.26. The first kappa shape index (κ1) is 16.5. The van der Waals surface area contributed by atoms with E-state index in [4.69, 9.17) is 10.5 Å². The number of nitrogens with two attached hydrogens (primary N) is 1. The minimum absolute atomic E-state index is 0.553. The maximum absolute atomic E-state index is 6.07. The van der Waals surface area contributed by atoms with Crippen LogP contribution in [0.25, 0.3) is 0 Å². The molecule has 0 aromatic rings. The van der Waals surface area contributed by atoms with E-state index >= 15 is 0 Å². The molecule has 6 heteroatoms. The number of nitrogens with zero attached hydrogens (tertiary/aromatic N) is 4. The van der Waals surface area contributed by atoms with E-state index < -0.39 is 0 Å². The summed E-state index contributed by atoms with van der Waals surface area (Å²) in [4.78, 5) is 11.8. The van der Waals surface area contributed by atoms with Crippen LogP contribution in [0, 0.1) is 5.92 Å². The predicted molar refractivity (Wildman–Crippen MR) is 86.6 cm³/mol. The van der Waals surface area contributed by atoms with Crippen LogP contribution in [-0.2, 0) is 4.74 Å². The Balaban J connectivity index is 1.68. The SMILES string of the molecule is CCN1CCN(CC(C)CN=C(N)N2CCOCC2)CC1. The van der Waals surface area contributed by atoms with Crippen LogP contribution in [0.15, 0.2) is 4.99 Å². The zero-order valence-electron chi connectivity index (χ0n) is 13.6. The van der Waals surface area contributed by atoms with Crippen molar-refractivity contribution in [3.8, 4) is 0 Å². The maximum Gasteiger partial charge on any atom is 0.191 e. The number of morpholine rings is 1. The largest absolute Gasteiger partial charge is 0.378 e. The number of hydrogen-bond acceptors (Lipinski definition) is 4. The minimum atomic E-state index is 0.553. The van der Waals surface area contributed by atoms with Crippen LogP contribution >= 0.6 is 0 Å². The summed E-state index contributed by atoms with van der Waals surface area (Å²) in [7, 11) is 0. The van der Waals surface area contributed by atoms with E-state index in [1.807, 2.05) is 0 Å². The number of hydrogen-bond donors (Lipinski definition) is 1. The summed E-state index contributed by atoms with van der Waals surface area (Å²) in [5.74, 6) is 1.23. The van der Waals surface area contributed by atoms with Crippen molar-refractivity contribution in [3.05, 3.63) is 0 Å². The summed E-state index contributed by atoms with van der Waals surface area (Å²) < 4.78 is 5.33. The summed E-state index contributed by atoms with van der Waals surface area (Å²) in [6.07, 6.45) is 0. The molecule has 2 fully saturated rings. The number of rotatable bonds is 5. The highest BCUT2D eigenvalue weighted by atomic mass is 16.5. The molecule has 2 aliphatic rings. The molecule has 0 bridgehead atoms. The molecule has 122 valence electrons. The monoisotopic (exact) mass is 297 g/mol. The van der Waals surface area contributed by atoms with Crippen molar-refractivity contribution < 1.29 is 4.74 Å². The standard InChI is InChI=1S/C15H31N5O/c1-3-18-4-6-19(7-5-18)13-14(2)12-17-15(16)20-8-10-21-11-9-20/h14H,3-13H2,1-2H3,(H2,16,17). The molecule has 0 amide bonds. The van der Waals surface area contributed by atoms with Gasteiger partial charge in [-0.1, -0.05) is 13.8 Å². The lowest BCUT2D eigenvalue weighted by atomic mass is 10.1. The van der Waals surface area contributed by atoms with Gasteiger partial charge in [0.15, 0.2) is 5.96 Å². The van der Waals surface area contributed by atoms with Crippen LogP contribution in [0.1, 0.15) is 13.8 Å². The third kappa shape index (κ3) is 5.45. The van der Waals surface area contributed by atoms with Crippen molar-refractivity contribution in [1.29, 1.82) is 0 Å². The molecule has 2 heterocycles. The Morgan fingerprint density at radius 2 is 1.71 bits per heavy atom. The third-order valence-electron chi connectivity index (χ3n) is 4.38. The van der Waals surface area contributed by atoms with E-state index in [1.54, 1.807) is 0 Å². The molecule has 0 aromatic carbocycles. The molecule has 0 aromatic heterocycles. The Labute approximate surface area is 128 Å². The second kappa shape index (κ2) is 8.56. The van der Waals surface area contributed by atoms with E-state index in [-0.39, 0.29) is 0 Å². The number of ether oxygens (including phenoxy) is 1. The molecule has 0 radical (unpaired) electrons. The van der Waals surface area contributed by atoms with Gasteiger partial charge in [-0.05, 0) is 12.5 Å². The summed E-state index contributed by atoms with van der Waals surface area (Å²) in [5.41, 5.74) is 6.07. The molecular formula is C15H31N5O. The van der Waals surface area contributed by atoms with Gasteiger partial charge in [-0.2, -0.15) is 0 Å². The van der Waals surface area contributed by atoms with Gasteiger partial charge in [-0.3, -0.25) is 4.99 Å². The highest BCUT2D eigenvalue weighted by Crippen LogP contribution is 2.06. The molecule has 0 saturated carbocycles. The van der Waals surface area contributed by atoms with Crippen molar-refractivity contribution in [1.82, 2.24) is 14.7 Å².